The molecule has 0 atom stereocenters. The second kappa shape index (κ2) is 10.2. The predicted molar refractivity (Wildman–Crippen MR) is 132 cm³/mol. The first kappa shape index (κ1) is 22.4. The van der Waals surface area contributed by atoms with E-state index in [0.717, 1.165) is 60.4 Å². The second-order valence-electron chi connectivity index (χ2n) is 8.83. The van der Waals surface area contributed by atoms with Crippen LogP contribution < -0.4 is 5.56 Å². The van der Waals surface area contributed by atoms with Crippen molar-refractivity contribution in [2.24, 2.45) is 0 Å². The summed E-state index contributed by atoms with van der Waals surface area (Å²) in [6, 6.07) is 7.88. The van der Waals surface area contributed by atoms with E-state index in [1.165, 1.54) is 32.1 Å². The zero-order valence-electron chi connectivity index (χ0n) is 19.7. The molecule has 0 fully saturated rings. The molecule has 3 aromatic heterocycles. The van der Waals surface area contributed by atoms with Crippen molar-refractivity contribution < 1.29 is 0 Å². The van der Waals surface area contributed by atoms with E-state index in [2.05, 4.69) is 18.4 Å². The van der Waals surface area contributed by atoms with Crippen molar-refractivity contribution in [2.45, 2.75) is 91.6 Å². The molecule has 32 heavy (non-hydrogen) atoms. The number of para-hydroxylation sites is 2. The molecule has 6 nitrogen and oxygen atoms in total. The Balaban J connectivity index is 1.83. The number of hydrogen-bond donors (Lipinski definition) is 0. The molecule has 1 aromatic carbocycles. The van der Waals surface area contributed by atoms with Gasteiger partial charge in [-0.2, -0.15) is 0 Å². The molecule has 0 N–H and O–H groups in total. The molecule has 0 unspecified atom stereocenters. The van der Waals surface area contributed by atoms with Crippen LogP contribution in [0.5, 0.6) is 0 Å². The standard InChI is InChI=1S/C26H35N5O/c1-4-6-8-10-14-17-30-19(3)27-24-22(26(30)32)23-25(31(24)18-13-9-7-5-2)29-21-16-12-11-15-20(21)28-23/h11-12,15-16H,4-10,13-14,17-18H2,1-3H3. The highest BCUT2D eigenvalue weighted by atomic mass is 16.1. The maximum atomic E-state index is 13.7. The van der Waals surface area contributed by atoms with Crippen LogP contribution in [0.2, 0.25) is 0 Å². The van der Waals surface area contributed by atoms with Gasteiger partial charge in [0.05, 0.1) is 11.0 Å². The largest absolute Gasteiger partial charge is 0.308 e. The highest BCUT2D eigenvalue weighted by molar-refractivity contribution is 6.04. The van der Waals surface area contributed by atoms with Crippen LogP contribution in [0.4, 0.5) is 0 Å². The minimum atomic E-state index is 0.0184. The summed E-state index contributed by atoms with van der Waals surface area (Å²) in [5.41, 5.74) is 3.88. The summed E-state index contributed by atoms with van der Waals surface area (Å²) in [4.78, 5) is 28.4. The molecule has 4 aromatic rings. The first-order chi connectivity index (χ1) is 15.7. The molecule has 0 aliphatic heterocycles. The molecule has 0 bridgehead atoms. The minimum Gasteiger partial charge on any atom is -0.308 e. The lowest BCUT2D eigenvalue weighted by Gasteiger charge is -2.11. The summed E-state index contributed by atoms with van der Waals surface area (Å²) in [6.45, 7) is 7.90. The topological polar surface area (TPSA) is 65.6 Å². The van der Waals surface area contributed by atoms with Gasteiger partial charge in [0.2, 0.25) is 0 Å². The number of rotatable bonds is 11. The van der Waals surface area contributed by atoms with E-state index in [-0.39, 0.29) is 5.56 Å². The highest BCUT2D eigenvalue weighted by Gasteiger charge is 2.20. The van der Waals surface area contributed by atoms with Crippen LogP contribution >= 0.6 is 0 Å². The van der Waals surface area contributed by atoms with Gasteiger partial charge in [0.25, 0.3) is 5.56 Å². The molecule has 0 saturated carbocycles. The van der Waals surface area contributed by atoms with E-state index in [9.17, 15) is 4.79 Å². The number of aryl methyl sites for hydroxylation is 2. The van der Waals surface area contributed by atoms with Crippen molar-refractivity contribution in [3.63, 3.8) is 0 Å². The Hall–Kier alpha value is -2.76. The smallest absolute Gasteiger partial charge is 0.265 e. The Kier molecular flexibility index (Phi) is 7.18. The van der Waals surface area contributed by atoms with E-state index in [1.54, 1.807) is 0 Å². The van der Waals surface area contributed by atoms with Gasteiger partial charge in [0, 0.05) is 13.1 Å². The van der Waals surface area contributed by atoms with E-state index < -0.39 is 0 Å². The van der Waals surface area contributed by atoms with Gasteiger partial charge < -0.3 is 4.57 Å². The lowest BCUT2D eigenvalue weighted by Crippen LogP contribution is -2.24. The van der Waals surface area contributed by atoms with Crippen LogP contribution in [0, 0.1) is 6.92 Å². The molecule has 3 heterocycles. The van der Waals surface area contributed by atoms with Crippen molar-refractivity contribution >= 4 is 33.2 Å². The summed E-state index contributed by atoms with van der Waals surface area (Å²) in [5, 5.41) is 0.618. The molecule has 0 aliphatic rings. The zero-order chi connectivity index (χ0) is 22.5. The molecule has 0 spiro atoms. The van der Waals surface area contributed by atoms with Crippen LogP contribution in [0.15, 0.2) is 29.1 Å². The van der Waals surface area contributed by atoms with Crippen LogP contribution in [0.3, 0.4) is 0 Å². The molecular weight excluding hydrogens is 398 g/mol. The first-order valence-corrected chi connectivity index (χ1v) is 12.3. The lowest BCUT2D eigenvalue weighted by atomic mass is 10.1. The fourth-order valence-corrected chi connectivity index (χ4v) is 4.54. The molecule has 0 amide bonds. The maximum Gasteiger partial charge on any atom is 0.265 e. The summed E-state index contributed by atoms with van der Waals surface area (Å²) >= 11 is 0. The van der Waals surface area contributed by atoms with Gasteiger partial charge in [0.1, 0.15) is 16.7 Å². The fraction of sp³-hybridized carbons (Fsp3) is 0.538. The van der Waals surface area contributed by atoms with E-state index >= 15 is 0 Å². The molecule has 6 heteroatoms. The maximum absolute atomic E-state index is 13.7. The number of unbranched alkanes of at least 4 members (excludes halogenated alkanes) is 7. The highest BCUT2D eigenvalue weighted by Crippen LogP contribution is 2.26. The van der Waals surface area contributed by atoms with Crippen LogP contribution in [0.1, 0.15) is 77.5 Å². The van der Waals surface area contributed by atoms with Gasteiger partial charge in [-0.25, -0.2) is 15.0 Å². The Morgan fingerprint density at radius 1 is 0.719 bits per heavy atom. The Bertz CT molecular complexity index is 1270. The van der Waals surface area contributed by atoms with Crippen LogP contribution in [0.25, 0.3) is 33.2 Å². The Morgan fingerprint density at radius 2 is 1.31 bits per heavy atom. The zero-order valence-corrected chi connectivity index (χ0v) is 19.7. The number of benzene rings is 1. The first-order valence-electron chi connectivity index (χ1n) is 12.3. The molecule has 0 saturated heterocycles. The minimum absolute atomic E-state index is 0.0184. The number of fused-ring (bicyclic) bond motifs is 4. The monoisotopic (exact) mass is 433 g/mol. The van der Waals surface area contributed by atoms with Crippen molar-refractivity contribution in [3.05, 3.63) is 40.4 Å². The SMILES string of the molecule is CCCCCCCn1c(C)nc2c(c1=O)c1nc3ccccc3nc1n2CCCCCC. The molecule has 0 radical (unpaired) electrons. The Labute approximate surface area is 189 Å². The van der Waals surface area contributed by atoms with Gasteiger partial charge in [-0.3, -0.25) is 9.36 Å². The van der Waals surface area contributed by atoms with Crippen LogP contribution in [-0.4, -0.2) is 24.1 Å². The molecule has 170 valence electrons. The summed E-state index contributed by atoms with van der Waals surface area (Å²) in [6.07, 6.45) is 10.4. The lowest BCUT2D eigenvalue weighted by molar-refractivity contribution is 0.545. The number of hydrogen-bond acceptors (Lipinski definition) is 4. The van der Waals surface area contributed by atoms with E-state index in [1.807, 2.05) is 35.8 Å². The molecule has 4 rings (SSSR count). The summed E-state index contributed by atoms with van der Waals surface area (Å²) in [5.74, 6) is 0.778. The Morgan fingerprint density at radius 3 is 2.00 bits per heavy atom. The van der Waals surface area contributed by atoms with Gasteiger partial charge in [-0.15, -0.1) is 0 Å². The van der Waals surface area contributed by atoms with Gasteiger partial charge >= 0.3 is 0 Å². The van der Waals surface area contributed by atoms with Crippen molar-refractivity contribution in [1.29, 1.82) is 0 Å². The van der Waals surface area contributed by atoms with Gasteiger partial charge in [0.15, 0.2) is 11.3 Å². The number of nitrogens with zero attached hydrogens (tertiary/aromatic N) is 5. The molecule has 0 aliphatic carbocycles. The normalized spacial score (nSPS) is 11.8. The van der Waals surface area contributed by atoms with Gasteiger partial charge in [-0.05, 0) is 31.9 Å². The van der Waals surface area contributed by atoms with E-state index in [4.69, 9.17) is 15.0 Å². The summed E-state index contributed by atoms with van der Waals surface area (Å²) in [7, 11) is 0. The van der Waals surface area contributed by atoms with Crippen molar-refractivity contribution in [3.8, 4) is 0 Å². The average molecular weight is 434 g/mol. The fourth-order valence-electron chi connectivity index (χ4n) is 4.54. The average Bonchev–Trinajstić information content (AvgIpc) is 3.09. The second-order valence-corrected chi connectivity index (χ2v) is 8.83. The van der Waals surface area contributed by atoms with Crippen molar-refractivity contribution in [1.82, 2.24) is 24.1 Å². The third-order valence-electron chi connectivity index (χ3n) is 6.36. The van der Waals surface area contributed by atoms with Gasteiger partial charge in [-0.1, -0.05) is 70.9 Å². The summed E-state index contributed by atoms with van der Waals surface area (Å²) < 4.78 is 3.96. The third kappa shape index (κ3) is 4.41. The quantitative estimate of drug-likeness (QED) is 0.266. The molecular formula is C26H35N5O. The third-order valence-corrected chi connectivity index (χ3v) is 6.36. The number of aromatic nitrogens is 5. The predicted octanol–water partition coefficient (Wildman–Crippen LogP) is 6.15. The van der Waals surface area contributed by atoms with Crippen molar-refractivity contribution in [2.75, 3.05) is 0 Å². The van der Waals surface area contributed by atoms with Crippen LogP contribution in [-0.2, 0) is 13.1 Å². The van der Waals surface area contributed by atoms with E-state index in [0.29, 0.717) is 17.4 Å².